The molecule has 0 bridgehead atoms. The topological polar surface area (TPSA) is 110 Å². The minimum absolute atomic E-state index is 0.443. The summed E-state index contributed by atoms with van der Waals surface area (Å²) >= 11 is 0. The summed E-state index contributed by atoms with van der Waals surface area (Å²) < 4.78 is 10.6. The number of hydrogen-bond donors (Lipinski definition) is 1. The lowest BCUT2D eigenvalue weighted by Crippen LogP contribution is -2.02. The van der Waals surface area contributed by atoms with E-state index in [1.165, 1.54) is 0 Å². The number of methoxy groups -OCH3 is 1. The molecule has 3 aromatic rings. The van der Waals surface area contributed by atoms with E-state index in [0.29, 0.717) is 36.2 Å². The zero-order valence-electron chi connectivity index (χ0n) is 13.6. The number of H-pyrrole nitrogens is 1. The smallest absolute Gasteiger partial charge is 0.183 e. The van der Waals surface area contributed by atoms with E-state index in [-0.39, 0.29) is 0 Å². The number of aromatic amines is 1. The van der Waals surface area contributed by atoms with Crippen LogP contribution in [0.1, 0.15) is 12.0 Å². The van der Waals surface area contributed by atoms with Gasteiger partial charge < -0.3 is 9.47 Å². The highest BCUT2D eigenvalue weighted by Crippen LogP contribution is 2.25. The van der Waals surface area contributed by atoms with Crippen LogP contribution < -0.4 is 4.74 Å². The SMILES string of the molecule is COCCCOc1ccc(-c2nc(-c3ccnnc3)n[nH]2)cc1C#N. The Morgan fingerprint density at radius 1 is 1.16 bits per heavy atom. The first kappa shape index (κ1) is 16.5. The summed E-state index contributed by atoms with van der Waals surface area (Å²) in [6.07, 6.45) is 3.92. The first-order valence-electron chi connectivity index (χ1n) is 7.67. The maximum absolute atomic E-state index is 9.36. The molecule has 0 atom stereocenters. The van der Waals surface area contributed by atoms with Gasteiger partial charge in [-0.15, -0.1) is 0 Å². The summed E-state index contributed by atoms with van der Waals surface area (Å²) in [6.45, 7) is 1.11. The van der Waals surface area contributed by atoms with Gasteiger partial charge in [0, 0.05) is 31.3 Å². The normalized spacial score (nSPS) is 10.4. The minimum atomic E-state index is 0.443. The molecule has 0 aliphatic carbocycles. The molecule has 0 aliphatic heterocycles. The number of rotatable bonds is 7. The third-order valence-electron chi connectivity index (χ3n) is 3.45. The maximum atomic E-state index is 9.36. The molecule has 0 amide bonds. The predicted molar refractivity (Wildman–Crippen MR) is 89.5 cm³/mol. The van der Waals surface area contributed by atoms with Gasteiger partial charge in [0.1, 0.15) is 11.8 Å². The van der Waals surface area contributed by atoms with Crippen molar-refractivity contribution >= 4 is 0 Å². The average molecular weight is 336 g/mol. The van der Waals surface area contributed by atoms with Crippen molar-refractivity contribution in [1.82, 2.24) is 25.4 Å². The Labute approximate surface area is 144 Å². The van der Waals surface area contributed by atoms with Gasteiger partial charge in [-0.3, -0.25) is 5.10 Å². The molecule has 0 saturated heterocycles. The van der Waals surface area contributed by atoms with Crippen LogP contribution in [0.5, 0.6) is 5.75 Å². The molecule has 126 valence electrons. The molecular formula is C17H16N6O2. The van der Waals surface area contributed by atoms with Gasteiger partial charge in [0.05, 0.1) is 24.6 Å². The van der Waals surface area contributed by atoms with Crippen LogP contribution in [-0.2, 0) is 4.74 Å². The van der Waals surface area contributed by atoms with Crippen LogP contribution in [0.15, 0.2) is 36.7 Å². The fraction of sp³-hybridized carbons (Fsp3) is 0.235. The van der Waals surface area contributed by atoms with Gasteiger partial charge in [-0.05, 0) is 24.3 Å². The molecular weight excluding hydrogens is 320 g/mol. The molecule has 0 unspecified atom stereocenters. The number of nitrogens with one attached hydrogen (secondary N) is 1. The van der Waals surface area contributed by atoms with Crippen molar-refractivity contribution < 1.29 is 9.47 Å². The predicted octanol–water partition coefficient (Wildman–Crippen LogP) is 2.22. The number of ether oxygens (including phenoxy) is 2. The molecule has 8 nitrogen and oxygen atoms in total. The molecule has 2 heterocycles. The van der Waals surface area contributed by atoms with Crippen LogP contribution in [0.25, 0.3) is 22.8 Å². The fourth-order valence-corrected chi connectivity index (χ4v) is 2.22. The second-order valence-electron chi connectivity index (χ2n) is 5.16. The Kier molecular flexibility index (Phi) is 5.29. The summed E-state index contributed by atoms with van der Waals surface area (Å²) in [4.78, 5) is 4.44. The largest absolute Gasteiger partial charge is 0.492 e. The van der Waals surface area contributed by atoms with Crippen molar-refractivity contribution in [3.63, 3.8) is 0 Å². The van der Waals surface area contributed by atoms with Crippen molar-refractivity contribution in [3.8, 4) is 34.6 Å². The minimum Gasteiger partial charge on any atom is -0.492 e. The van der Waals surface area contributed by atoms with Gasteiger partial charge in [-0.25, -0.2) is 4.98 Å². The number of nitrogens with zero attached hydrogens (tertiary/aromatic N) is 5. The Morgan fingerprint density at radius 3 is 2.84 bits per heavy atom. The van der Waals surface area contributed by atoms with Gasteiger partial charge in [-0.1, -0.05) is 0 Å². The summed E-state index contributed by atoms with van der Waals surface area (Å²) in [5.74, 6) is 1.62. The van der Waals surface area contributed by atoms with Crippen LogP contribution in [0.4, 0.5) is 0 Å². The average Bonchev–Trinajstić information content (AvgIpc) is 3.16. The van der Waals surface area contributed by atoms with E-state index in [2.05, 4.69) is 31.4 Å². The molecule has 0 spiro atoms. The molecule has 0 radical (unpaired) electrons. The van der Waals surface area contributed by atoms with Crippen LogP contribution in [0, 0.1) is 11.3 Å². The molecule has 3 rings (SSSR count). The second kappa shape index (κ2) is 7.99. The van der Waals surface area contributed by atoms with Crippen LogP contribution >= 0.6 is 0 Å². The van der Waals surface area contributed by atoms with Gasteiger partial charge in [0.25, 0.3) is 0 Å². The Morgan fingerprint density at radius 2 is 2.08 bits per heavy atom. The zero-order valence-corrected chi connectivity index (χ0v) is 13.6. The van der Waals surface area contributed by atoms with Crippen LogP contribution in [0.3, 0.4) is 0 Å². The van der Waals surface area contributed by atoms with Crippen molar-refractivity contribution in [3.05, 3.63) is 42.2 Å². The van der Waals surface area contributed by atoms with E-state index in [4.69, 9.17) is 9.47 Å². The van der Waals surface area contributed by atoms with Gasteiger partial charge in [0.15, 0.2) is 11.6 Å². The molecule has 0 aliphatic rings. The van der Waals surface area contributed by atoms with Crippen molar-refractivity contribution in [2.45, 2.75) is 6.42 Å². The van der Waals surface area contributed by atoms with Gasteiger partial charge in [0.2, 0.25) is 0 Å². The third kappa shape index (κ3) is 3.97. The van der Waals surface area contributed by atoms with Crippen LogP contribution in [-0.4, -0.2) is 45.7 Å². The molecule has 25 heavy (non-hydrogen) atoms. The van der Waals surface area contributed by atoms with Crippen LogP contribution in [0.2, 0.25) is 0 Å². The van der Waals surface area contributed by atoms with E-state index < -0.39 is 0 Å². The van der Waals surface area contributed by atoms with E-state index >= 15 is 0 Å². The molecule has 2 aromatic heterocycles. The maximum Gasteiger partial charge on any atom is 0.183 e. The van der Waals surface area contributed by atoms with E-state index in [0.717, 1.165) is 17.5 Å². The quantitative estimate of drug-likeness (QED) is 0.659. The van der Waals surface area contributed by atoms with Gasteiger partial charge in [-0.2, -0.15) is 20.6 Å². The summed E-state index contributed by atoms with van der Waals surface area (Å²) in [6, 6.07) is 9.24. The second-order valence-corrected chi connectivity index (χ2v) is 5.16. The van der Waals surface area contributed by atoms with Crippen molar-refractivity contribution in [2.75, 3.05) is 20.3 Å². The summed E-state index contributed by atoms with van der Waals surface area (Å²) in [7, 11) is 1.64. The Hall–Kier alpha value is -3.31. The lowest BCUT2D eigenvalue weighted by atomic mass is 10.1. The third-order valence-corrected chi connectivity index (χ3v) is 3.45. The molecule has 0 saturated carbocycles. The highest BCUT2D eigenvalue weighted by Gasteiger charge is 2.11. The molecule has 1 aromatic carbocycles. The Balaban J connectivity index is 1.79. The zero-order chi connectivity index (χ0) is 17.5. The highest BCUT2D eigenvalue weighted by molar-refractivity contribution is 5.64. The number of nitriles is 1. The lowest BCUT2D eigenvalue weighted by molar-refractivity contribution is 0.172. The van der Waals surface area contributed by atoms with E-state index in [1.54, 1.807) is 37.7 Å². The number of aromatic nitrogens is 5. The first-order chi connectivity index (χ1) is 12.3. The number of hydrogen-bond acceptors (Lipinski definition) is 7. The molecule has 1 N–H and O–H groups in total. The van der Waals surface area contributed by atoms with Crippen molar-refractivity contribution in [1.29, 1.82) is 5.26 Å². The molecule has 0 fully saturated rings. The highest BCUT2D eigenvalue weighted by atomic mass is 16.5. The fourth-order valence-electron chi connectivity index (χ4n) is 2.22. The Bertz CT molecular complexity index is 872. The van der Waals surface area contributed by atoms with E-state index in [9.17, 15) is 5.26 Å². The summed E-state index contributed by atoms with van der Waals surface area (Å²) in [5, 5.41) is 24.0. The van der Waals surface area contributed by atoms with Crippen molar-refractivity contribution in [2.24, 2.45) is 0 Å². The van der Waals surface area contributed by atoms with E-state index in [1.807, 2.05) is 6.07 Å². The monoisotopic (exact) mass is 336 g/mol. The standard InChI is InChI=1S/C17H16N6O2/c1-24-7-2-8-25-15-4-3-12(9-14(15)10-18)16-21-17(23-22-16)13-5-6-19-20-11-13/h3-6,9,11H,2,7-8H2,1H3,(H,21,22,23). The molecule has 8 heteroatoms. The lowest BCUT2D eigenvalue weighted by Gasteiger charge is -2.08. The first-order valence-corrected chi connectivity index (χ1v) is 7.67. The summed E-state index contributed by atoms with van der Waals surface area (Å²) in [5.41, 5.74) is 1.95. The number of benzene rings is 1. The van der Waals surface area contributed by atoms with Gasteiger partial charge >= 0.3 is 0 Å².